The number of carboxylic acid groups (broad SMARTS) is 1. The molecule has 1 fully saturated rings. The Labute approximate surface area is 118 Å². The maximum Gasteiger partial charge on any atom is 0.407 e. The van der Waals surface area contributed by atoms with E-state index in [4.69, 9.17) is 9.84 Å². The fraction of sp³-hybridized carbons (Fsp3) is 0.467. The Morgan fingerprint density at radius 3 is 2.45 bits per heavy atom. The van der Waals surface area contributed by atoms with Gasteiger partial charge in [0, 0.05) is 19.5 Å². The van der Waals surface area contributed by atoms with Crippen LogP contribution < -0.4 is 0 Å². The zero-order valence-corrected chi connectivity index (χ0v) is 11.3. The second kappa shape index (κ2) is 6.93. The Morgan fingerprint density at radius 1 is 1.20 bits per heavy atom. The van der Waals surface area contributed by atoms with Gasteiger partial charge in [-0.05, 0) is 18.4 Å². The minimum Gasteiger partial charge on any atom is -0.465 e. The third-order valence-electron chi connectivity index (χ3n) is 3.58. The molecule has 0 aromatic heterocycles. The number of likely N-dealkylation sites (tertiary alicyclic amines) is 1. The third-order valence-corrected chi connectivity index (χ3v) is 3.58. The zero-order valence-electron chi connectivity index (χ0n) is 11.3. The SMILES string of the molecule is O=C(OCCc1ccccc1)C1CCN(C(=O)O)CC1. The maximum absolute atomic E-state index is 11.9. The van der Waals surface area contributed by atoms with Gasteiger partial charge < -0.3 is 14.7 Å². The van der Waals surface area contributed by atoms with Gasteiger partial charge in [0.1, 0.15) is 0 Å². The monoisotopic (exact) mass is 277 g/mol. The lowest BCUT2D eigenvalue weighted by molar-refractivity contribution is -0.149. The molecule has 0 radical (unpaired) electrons. The van der Waals surface area contributed by atoms with Gasteiger partial charge in [0.2, 0.25) is 0 Å². The van der Waals surface area contributed by atoms with Crippen LogP contribution in [0.15, 0.2) is 30.3 Å². The van der Waals surface area contributed by atoms with Crippen molar-refractivity contribution < 1.29 is 19.4 Å². The summed E-state index contributed by atoms with van der Waals surface area (Å²) in [6.07, 6.45) is 0.897. The summed E-state index contributed by atoms with van der Waals surface area (Å²) in [4.78, 5) is 24.0. The Kier molecular flexibility index (Phi) is 4.98. The summed E-state index contributed by atoms with van der Waals surface area (Å²) in [5, 5.41) is 8.84. The van der Waals surface area contributed by atoms with Crippen molar-refractivity contribution in [3.63, 3.8) is 0 Å². The van der Waals surface area contributed by atoms with E-state index in [-0.39, 0.29) is 11.9 Å². The molecule has 0 aliphatic carbocycles. The molecule has 5 nitrogen and oxygen atoms in total. The van der Waals surface area contributed by atoms with Gasteiger partial charge >= 0.3 is 12.1 Å². The van der Waals surface area contributed by atoms with E-state index in [9.17, 15) is 9.59 Å². The normalized spacial score (nSPS) is 15.9. The van der Waals surface area contributed by atoms with E-state index in [0.29, 0.717) is 39.0 Å². The first-order valence-corrected chi connectivity index (χ1v) is 6.85. The molecule has 1 aromatic carbocycles. The molecule has 1 N–H and O–H groups in total. The molecule has 0 atom stereocenters. The van der Waals surface area contributed by atoms with Gasteiger partial charge in [-0.1, -0.05) is 30.3 Å². The number of amides is 1. The first kappa shape index (κ1) is 14.4. The summed E-state index contributed by atoms with van der Waals surface area (Å²) < 4.78 is 5.28. The second-order valence-corrected chi connectivity index (χ2v) is 4.95. The lowest BCUT2D eigenvalue weighted by Gasteiger charge is -2.28. The molecule has 1 saturated heterocycles. The molecule has 0 saturated carbocycles. The molecule has 1 aliphatic rings. The largest absolute Gasteiger partial charge is 0.465 e. The van der Waals surface area contributed by atoms with Crippen LogP contribution in [0, 0.1) is 5.92 Å². The Hall–Kier alpha value is -2.04. The molecular weight excluding hydrogens is 258 g/mol. The number of carbonyl (C=O) groups is 2. The van der Waals surface area contributed by atoms with Crippen LogP contribution in [0.5, 0.6) is 0 Å². The van der Waals surface area contributed by atoms with Crippen LogP contribution in [-0.4, -0.2) is 41.8 Å². The minimum absolute atomic E-state index is 0.165. The van der Waals surface area contributed by atoms with Crippen LogP contribution in [-0.2, 0) is 16.0 Å². The average molecular weight is 277 g/mol. The van der Waals surface area contributed by atoms with Crippen LogP contribution in [0.4, 0.5) is 4.79 Å². The van der Waals surface area contributed by atoms with Crippen molar-refractivity contribution in [2.45, 2.75) is 19.3 Å². The molecule has 0 unspecified atom stereocenters. The highest BCUT2D eigenvalue weighted by atomic mass is 16.5. The van der Waals surface area contributed by atoms with Crippen molar-refractivity contribution in [3.05, 3.63) is 35.9 Å². The van der Waals surface area contributed by atoms with Crippen LogP contribution in [0.3, 0.4) is 0 Å². The lowest BCUT2D eigenvalue weighted by atomic mass is 9.97. The van der Waals surface area contributed by atoms with E-state index in [2.05, 4.69) is 0 Å². The summed E-state index contributed by atoms with van der Waals surface area (Å²) >= 11 is 0. The molecule has 108 valence electrons. The molecule has 0 bridgehead atoms. The van der Waals surface area contributed by atoms with Crippen LogP contribution >= 0.6 is 0 Å². The van der Waals surface area contributed by atoms with Gasteiger partial charge in [0.25, 0.3) is 0 Å². The van der Waals surface area contributed by atoms with Crippen molar-refractivity contribution >= 4 is 12.1 Å². The highest BCUT2D eigenvalue weighted by Gasteiger charge is 2.27. The minimum atomic E-state index is -0.916. The molecule has 1 aliphatic heterocycles. The van der Waals surface area contributed by atoms with E-state index >= 15 is 0 Å². The fourth-order valence-electron chi connectivity index (χ4n) is 2.34. The maximum atomic E-state index is 11.9. The third kappa shape index (κ3) is 3.98. The van der Waals surface area contributed by atoms with Crippen molar-refractivity contribution in [1.29, 1.82) is 0 Å². The number of esters is 1. The number of ether oxygens (including phenoxy) is 1. The van der Waals surface area contributed by atoms with E-state index in [1.54, 1.807) is 0 Å². The van der Waals surface area contributed by atoms with Crippen LogP contribution in [0.2, 0.25) is 0 Å². The topological polar surface area (TPSA) is 66.8 Å². The van der Waals surface area contributed by atoms with Crippen LogP contribution in [0.25, 0.3) is 0 Å². The van der Waals surface area contributed by atoms with E-state index < -0.39 is 6.09 Å². The Bertz CT molecular complexity index is 452. The number of carbonyl (C=O) groups excluding carboxylic acids is 1. The van der Waals surface area contributed by atoms with Crippen LogP contribution in [0.1, 0.15) is 18.4 Å². The van der Waals surface area contributed by atoms with Gasteiger partial charge in [-0.2, -0.15) is 0 Å². The predicted octanol–water partition coefficient (Wildman–Crippen LogP) is 2.16. The first-order chi connectivity index (χ1) is 9.66. The summed E-state index contributed by atoms with van der Waals surface area (Å²) in [5.74, 6) is -0.368. The second-order valence-electron chi connectivity index (χ2n) is 4.95. The number of piperidine rings is 1. The highest BCUT2D eigenvalue weighted by Crippen LogP contribution is 2.18. The van der Waals surface area contributed by atoms with Gasteiger partial charge in [0.15, 0.2) is 0 Å². The Balaban J connectivity index is 1.69. The van der Waals surface area contributed by atoms with Crippen molar-refractivity contribution in [3.8, 4) is 0 Å². The summed E-state index contributed by atoms with van der Waals surface area (Å²) in [6, 6.07) is 9.86. The van der Waals surface area contributed by atoms with Gasteiger partial charge in [-0.25, -0.2) is 4.79 Å². The molecule has 5 heteroatoms. The van der Waals surface area contributed by atoms with E-state index in [1.165, 1.54) is 4.90 Å². The van der Waals surface area contributed by atoms with Gasteiger partial charge in [-0.15, -0.1) is 0 Å². The highest BCUT2D eigenvalue weighted by molar-refractivity contribution is 5.73. The Morgan fingerprint density at radius 2 is 1.85 bits per heavy atom. The summed E-state index contributed by atoms with van der Waals surface area (Å²) in [7, 11) is 0. The zero-order chi connectivity index (χ0) is 14.4. The molecule has 1 amide bonds. The molecule has 1 aromatic rings. The lowest BCUT2D eigenvalue weighted by Crippen LogP contribution is -2.39. The number of benzene rings is 1. The summed E-state index contributed by atoms with van der Waals surface area (Å²) in [5.41, 5.74) is 1.14. The molecule has 0 spiro atoms. The molecule has 20 heavy (non-hydrogen) atoms. The number of rotatable bonds is 4. The number of nitrogens with zero attached hydrogens (tertiary/aromatic N) is 1. The standard InChI is InChI=1S/C15H19NO4/c17-14(13-6-9-16(10-7-13)15(18)19)20-11-8-12-4-2-1-3-5-12/h1-5,13H,6-11H2,(H,18,19). The smallest absolute Gasteiger partial charge is 0.407 e. The van der Waals surface area contributed by atoms with E-state index in [1.807, 2.05) is 30.3 Å². The molecular formula is C15H19NO4. The van der Waals surface area contributed by atoms with Crippen molar-refractivity contribution in [2.24, 2.45) is 5.92 Å². The molecule has 2 rings (SSSR count). The average Bonchev–Trinajstić information content (AvgIpc) is 2.48. The molecule has 1 heterocycles. The fourth-order valence-corrected chi connectivity index (χ4v) is 2.34. The quantitative estimate of drug-likeness (QED) is 0.856. The van der Waals surface area contributed by atoms with Gasteiger partial charge in [-0.3, -0.25) is 4.79 Å². The van der Waals surface area contributed by atoms with Crippen molar-refractivity contribution in [1.82, 2.24) is 4.90 Å². The van der Waals surface area contributed by atoms with E-state index in [0.717, 1.165) is 5.56 Å². The van der Waals surface area contributed by atoms with Gasteiger partial charge in [0.05, 0.1) is 12.5 Å². The number of hydrogen-bond acceptors (Lipinski definition) is 3. The number of hydrogen-bond donors (Lipinski definition) is 1. The first-order valence-electron chi connectivity index (χ1n) is 6.85. The van der Waals surface area contributed by atoms with Crippen molar-refractivity contribution in [2.75, 3.05) is 19.7 Å². The predicted molar refractivity (Wildman–Crippen MR) is 73.4 cm³/mol. The summed E-state index contributed by atoms with van der Waals surface area (Å²) in [6.45, 7) is 1.20.